The minimum atomic E-state index is -0.354. The van der Waals surface area contributed by atoms with Crippen LogP contribution in [0.1, 0.15) is 25.3 Å². The van der Waals surface area contributed by atoms with Crippen LogP contribution in [0.2, 0.25) is 0 Å². The second kappa shape index (κ2) is 4.53. The molecule has 0 spiro atoms. The summed E-state index contributed by atoms with van der Waals surface area (Å²) in [5.41, 5.74) is 0.713. The highest BCUT2D eigenvalue weighted by molar-refractivity contribution is 5.88. The fraction of sp³-hybridized carbons (Fsp3) is 0.533. The monoisotopic (exact) mass is 261 g/mol. The summed E-state index contributed by atoms with van der Waals surface area (Å²) in [5.74, 6) is 1.78. The Morgan fingerprint density at radius 2 is 1.89 bits per heavy atom. The predicted octanol–water partition coefficient (Wildman–Crippen LogP) is 1.97. The van der Waals surface area contributed by atoms with Crippen LogP contribution in [-0.4, -0.2) is 37.6 Å². The van der Waals surface area contributed by atoms with Crippen LogP contribution >= 0.6 is 0 Å². The third-order valence-corrected chi connectivity index (χ3v) is 4.44. The van der Waals surface area contributed by atoms with Crippen molar-refractivity contribution in [1.82, 2.24) is 4.90 Å². The molecular formula is C15H19NO3. The van der Waals surface area contributed by atoms with E-state index in [1.54, 1.807) is 6.92 Å². The highest BCUT2D eigenvalue weighted by Crippen LogP contribution is 2.41. The van der Waals surface area contributed by atoms with Gasteiger partial charge in [0.25, 0.3) is 0 Å². The lowest BCUT2D eigenvalue weighted by Crippen LogP contribution is -2.45. The van der Waals surface area contributed by atoms with Gasteiger partial charge >= 0.3 is 0 Å². The second-order valence-electron chi connectivity index (χ2n) is 5.51. The Kier molecular flexibility index (Phi) is 2.97. The van der Waals surface area contributed by atoms with Gasteiger partial charge < -0.3 is 14.4 Å². The van der Waals surface area contributed by atoms with Crippen LogP contribution in [0, 0.1) is 0 Å². The molecule has 0 unspecified atom stereocenters. The molecule has 4 nitrogen and oxygen atoms in total. The Morgan fingerprint density at radius 3 is 2.58 bits per heavy atom. The lowest BCUT2D eigenvalue weighted by Gasteiger charge is -2.39. The van der Waals surface area contributed by atoms with E-state index in [9.17, 15) is 4.79 Å². The van der Waals surface area contributed by atoms with Gasteiger partial charge in [-0.2, -0.15) is 0 Å². The molecule has 0 aromatic heterocycles. The van der Waals surface area contributed by atoms with Gasteiger partial charge in [-0.05, 0) is 57.6 Å². The predicted molar refractivity (Wildman–Crippen MR) is 71.7 cm³/mol. The molecule has 0 amide bonds. The maximum Gasteiger partial charge on any atom is 0.231 e. The first-order valence-corrected chi connectivity index (χ1v) is 6.71. The van der Waals surface area contributed by atoms with Crippen LogP contribution < -0.4 is 9.47 Å². The number of hydrogen-bond donors (Lipinski definition) is 0. The second-order valence-corrected chi connectivity index (χ2v) is 5.51. The Bertz CT molecular complexity index is 504. The molecule has 19 heavy (non-hydrogen) atoms. The number of carbonyl (C=O) groups excluding carboxylic acids is 1. The van der Waals surface area contributed by atoms with E-state index in [1.807, 2.05) is 18.2 Å². The highest BCUT2D eigenvalue weighted by Gasteiger charge is 2.40. The summed E-state index contributed by atoms with van der Waals surface area (Å²) in [6, 6.07) is 5.91. The van der Waals surface area contributed by atoms with Crippen LogP contribution in [-0.2, 0) is 10.2 Å². The number of likely N-dealkylation sites (tertiary alicyclic amines) is 1. The molecule has 1 fully saturated rings. The number of ether oxygens (including phenoxy) is 2. The number of carbonyl (C=O) groups is 1. The van der Waals surface area contributed by atoms with Crippen molar-refractivity contribution in [2.45, 2.75) is 25.2 Å². The van der Waals surface area contributed by atoms with Crippen molar-refractivity contribution in [2.24, 2.45) is 0 Å². The Labute approximate surface area is 113 Å². The largest absolute Gasteiger partial charge is 0.454 e. The van der Waals surface area contributed by atoms with Gasteiger partial charge in [0, 0.05) is 0 Å². The first kappa shape index (κ1) is 12.5. The van der Waals surface area contributed by atoms with Gasteiger partial charge in [0.2, 0.25) is 6.79 Å². The number of fused-ring (bicyclic) bond motifs is 1. The molecule has 2 heterocycles. The summed E-state index contributed by atoms with van der Waals surface area (Å²) >= 11 is 0. The molecular weight excluding hydrogens is 242 g/mol. The first-order valence-electron chi connectivity index (χ1n) is 6.71. The Hall–Kier alpha value is -1.55. The molecule has 0 radical (unpaired) electrons. The molecule has 0 aliphatic carbocycles. The molecule has 102 valence electrons. The van der Waals surface area contributed by atoms with Gasteiger partial charge in [-0.1, -0.05) is 6.07 Å². The van der Waals surface area contributed by atoms with Crippen molar-refractivity contribution in [3.8, 4) is 11.5 Å². The summed E-state index contributed by atoms with van der Waals surface area (Å²) in [6.45, 7) is 3.88. The van der Waals surface area contributed by atoms with E-state index in [2.05, 4.69) is 11.9 Å². The van der Waals surface area contributed by atoms with Crippen LogP contribution in [0.15, 0.2) is 18.2 Å². The molecule has 1 aromatic carbocycles. The summed E-state index contributed by atoms with van der Waals surface area (Å²) < 4.78 is 10.8. The zero-order valence-electron chi connectivity index (χ0n) is 11.4. The molecule has 0 bridgehead atoms. The van der Waals surface area contributed by atoms with E-state index in [4.69, 9.17) is 9.47 Å². The number of nitrogens with zero attached hydrogens (tertiary/aromatic N) is 1. The van der Waals surface area contributed by atoms with Gasteiger partial charge in [0.15, 0.2) is 11.5 Å². The highest BCUT2D eigenvalue weighted by atomic mass is 16.7. The minimum absolute atomic E-state index is 0.250. The van der Waals surface area contributed by atoms with Gasteiger partial charge in [-0.15, -0.1) is 0 Å². The molecule has 2 aliphatic heterocycles. The van der Waals surface area contributed by atoms with E-state index in [0.717, 1.165) is 43.0 Å². The van der Waals surface area contributed by atoms with Crippen LogP contribution in [0.4, 0.5) is 0 Å². The number of benzene rings is 1. The molecule has 0 saturated carbocycles. The fourth-order valence-electron chi connectivity index (χ4n) is 3.04. The fourth-order valence-corrected chi connectivity index (χ4v) is 3.04. The third-order valence-electron chi connectivity index (χ3n) is 4.44. The van der Waals surface area contributed by atoms with Crippen molar-refractivity contribution in [2.75, 3.05) is 26.9 Å². The minimum Gasteiger partial charge on any atom is -0.454 e. The van der Waals surface area contributed by atoms with E-state index < -0.39 is 0 Å². The number of rotatable bonds is 2. The third kappa shape index (κ3) is 2.00. The topological polar surface area (TPSA) is 38.8 Å². The van der Waals surface area contributed by atoms with Gasteiger partial charge in [-0.25, -0.2) is 0 Å². The summed E-state index contributed by atoms with van der Waals surface area (Å²) in [6.07, 6.45) is 1.75. The number of ketones is 1. The van der Waals surface area contributed by atoms with Crippen molar-refractivity contribution in [1.29, 1.82) is 0 Å². The Morgan fingerprint density at radius 1 is 1.21 bits per heavy atom. The van der Waals surface area contributed by atoms with E-state index >= 15 is 0 Å². The van der Waals surface area contributed by atoms with Gasteiger partial charge in [0.05, 0.1) is 5.41 Å². The maximum absolute atomic E-state index is 12.2. The molecule has 1 saturated heterocycles. The van der Waals surface area contributed by atoms with Gasteiger partial charge in [0.1, 0.15) is 5.78 Å². The molecule has 0 atom stereocenters. The average molecular weight is 261 g/mol. The van der Waals surface area contributed by atoms with Crippen molar-refractivity contribution >= 4 is 5.78 Å². The van der Waals surface area contributed by atoms with Crippen LogP contribution in [0.25, 0.3) is 0 Å². The quantitative estimate of drug-likeness (QED) is 0.816. The normalized spacial score (nSPS) is 21.4. The summed E-state index contributed by atoms with van der Waals surface area (Å²) in [4.78, 5) is 14.5. The molecule has 0 N–H and O–H groups in total. The van der Waals surface area contributed by atoms with E-state index in [1.165, 1.54) is 0 Å². The standard InChI is InChI=1S/C15H19NO3/c1-11(17)15(5-7-16(2)8-6-15)12-3-4-13-14(9-12)19-10-18-13/h3-4,9H,5-8,10H2,1-2H3. The molecule has 3 rings (SSSR count). The molecule has 4 heteroatoms. The van der Waals surface area contributed by atoms with Crippen LogP contribution in [0.3, 0.4) is 0 Å². The van der Waals surface area contributed by atoms with E-state index in [0.29, 0.717) is 0 Å². The zero-order valence-corrected chi connectivity index (χ0v) is 11.4. The zero-order chi connectivity index (χ0) is 13.5. The van der Waals surface area contributed by atoms with E-state index in [-0.39, 0.29) is 18.0 Å². The lowest BCUT2D eigenvalue weighted by molar-refractivity contribution is -0.124. The van der Waals surface area contributed by atoms with Crippen molar-refractivity contribution in [3.63, 3.8) is 0 Å². The number of Topliss-reactive ketones (excluding diaryl/α,β-unsaturated/α-hetero) is 1. The molecule has 1 aromatic rings. The van der Waals surface area contributed by atoms with Crippen molar-refractivity contribution in [3.05, 3.63) is 23.8 Å². The smallest absolute Gasteiger partial charge is 0.231 e. The first-order chi connectivity index (χ1) is 9.12. The van der Waals surface area contributed by atoms with Crippen molar-refractivity contribution < 1.29 is 14.3 Å². The maximum atomic E-state index is 12.2. The SMILES string of the molecule is CC(=O)C1(c2ccc3c(c2)OCO3)CCN(C)CC1. The Balaban J connectivity index is 1.99. The van der Waals surface area contributed by atoms with Gasteiger partial charge in [-0.3, -0.25) is 4.79 Å². The number of piperidine rings is 1. The summed E-state index contributed by atoms with van der Waals surface area (Å²) in [5, 5.41) is 0. The van der Waals surface area contributed by atoms with Crippen LogP contribution in [0.5, 0.6) is 11.5 Å². The number of hydrogen-bond acceptors (Lipinski definition) is 4. The average Bonchev–Trinajstić information content (AvgIpc) is 2.86. The summed E-state index contributed by atoms with van der Waals surface area (Å²) in [7, 11) is 2.10. The lowest BCUT2D eigenvalue weighted by atomic mass is 9.70. The molecule has 2 aliphatic rings.